The lowest BCUT2D eigenvalue weighted by atomic mass is 9.84. The molecule has 5 nitrogen and oxygen atoms in total. The summed E-state index contributed by atoms with van der Waals surface area (Å²) in [6.45, 7) is 1.39. The highest BCUT2D eigenvalue weighted by atomic mass is 16.4. The molecule has 1 atom stereocenters. The summed E-state index contributed by atoms with van der Waals surface area (Å²) in [6, 6.07) is 5.19. The zero-order valence-electron chi connectivity index (χ0n) is 9.23. The minimum absolute atomic E-state index is 0.0723. The third-order valence-corrected chi connectivity index (χ3v) is 2.46. The summed E-state index contributed by atoms with van der Waals surface area (Å²) >= 11 is 0. The number of aliphatic carboxylic acids is 1. The van der Waals surface area contributed by atoms with Gasteiger partial charge in [0.2, 0.25) is 5.91 Å². The predicted molar refractivity (Wildman–Crippen MR) is 57.8 cm³/mol. The van der Waals surface area contributed by atoms with Crippen LogP contribution in [0.25, 0.3) is 0 Å². The van der Waals surface area contributed by atoms with Gasteiger partial charge in [0.1, 0.15) is 5.41 Å². The molecule has 1 rings (SSSR count). The van der Waals surface area contributed by atoms with E-state index in [1.54, 1.807) is 24.4 Å². The number of hydrogen-bond donors (Lipinski definition) is 2. The average Bonchev–Trinajstić information content (AvgIpc) is 2.28. The Hall–Kier alpha value is -1.91. The molecular formula is C11H14N2O3. The lowest BCUT2D eigenvalue weighted by molar-refractivity contribution is -0.154. The van der Waals surface area contributed by atoms with Crippen molar-refractivity contribution in [2.75, 3.05) is 7.05 Å². The van der Waals surface area contributed by atoms with E-state index in [0.717, 1.165) is 0 Å². The minimum Gasteiger partial charge on any atom is -0.480 e. The van der Waals surface area contributed by atoms with Crippen LogP contribution in [0.5, 0.6) is 0 Å². The van der Waals surface area contributed by atoms with Gasteiger partial charge in [-0.25, -0.2) is 0 Å². The normalized spacial score (nSPS) is 13.9. The number of nitrogens with zero attached hydrogens (tertiary/aromatic N) is 1. The molecule has 2 N–H and O–H groups in total. The zero-order chi connectivity index (χ0) is 12.2. The van der Waals surface area contributed by atoms with Crippen LogP contribution < -0.4 is 5.32 Å². The third kappa shape index (κ3) is 2.36. The second kappa shape index (κ2) is 4.74. The summed E-state index contributed by atoms with van der Waals surface area (Å²) in [5.74, 6) is -1.68. The summed E-state index contributed by atoms with van der Waals surface area (Å²) in [5, 5.41) is 11.5. The van der Waals surface area contributed by atoms with Gasteiger partial charge in [-0.3, -0.25) is 14.6 Å². The average molecular weight is 222 g/mol. The van der Waals surface area contributed by atoms with E-state index in [9.17, 15) is 9.59 Å². The molecule has 0 aromatic carbocycles. The van der Waals surface area contributed by atoms with Gasteiger partial charge in [0, 0.05) is 25.4 Å². The van der Waals surface area contributed by atoms with Crippen LogP contribution in [0.3, 0.4) is 0 Å². The molecule has 0 aliphatic carbocycles. The fraction of sp³-hybridized carbons (Fsp3) is 0.364. The molecule has 1 aromatic heterocycles. The van der Waals surface area contributed by atoms with Gasteiger partial charge in [0.25, 0.3) is 0 Å². The fourth-order valence-electron chi connectivity index (χ4n) is 1.39. The van der Waals surface area contributed by atoms with Gasteiger partial charge >= 0.3 is 5.97 Å². The van der Waals surface area contributed by atoms with Crippen molar-refractivity contribution >= 4 is 11.9 Å². The number of nitrogens with one attached hydrogen (secondary N) is 1. The lowest BCUT2D eigenvalue weighted by Crippen LogP contribution is -2.44. The SMILES string of the molecule is CNC(=O)C(C)(Cc1ccccn1)C(=O)O. The molecule has 1 aromatic rings. The van der Waals surface area contributed by atoms with E-state index in [1.165, 1.54) is 14.0 Å². The smallest absolute Gasteiger partial charge is 0.319 e. The molecule has 1 amide bonds. The second-order valence-corrected chi connectivity index (χ2v) is 3.71. The molecule has 86 valence electrons. The van der Waals surface area contributed by atoms with Crippen LogP contribution >= 0.6 is 0 Å². The zero-order valence-corrected chi connectivity index (χ0v) is 9.23. The van der Waals surface area contributed by atoms with Gasteiger partial charge in [-0.2, -0.15) is 0 Å². The standard InChI is InChI=1S/C11H14N2O3/c1-11(10(15)16,9(14)12-2)7-8-5-3-4-6-13-8/h3-6H,7H2,1-2H3,(H,12,14)(H,15,16). The first kappa shape index (κ1) is 12.2. The number of carboxylic acids is 1. The molecule has 0 aliphatic rings. The summed E-state index contributed by atoms with van der Waals surface area (Å²) in [4.78, 5) is 26.7. The van der Waals surface area contributed by atoms with Crippen molar-refractivity contribution in [3.8, 4) is 0 Å². The van der Waals surface area contributed by atoms with Gasteiger partial charge in [-0.05, 0) is 19.1 Å². The van der Waals surface area contributed by atoms with Crippen molar-refractivity contribution in [3.05, 3.63) is 30.1 Å². The molecule has 0 bridgehead atoms. The van der Waals surface area contributed by atoms with Crippen molar-refractivity contribution in [3.63, 3.8) is 0 Å². The van der Waals surface area contributed by atoms with E-state index in [2.05, 4.69) is 10.3 Å². The number of hydrogen-bond acceptors (Lipinski definition) is 3. The van der Waals surface area contributed by atoms with Crippen LogP contribution in [0.1, 0.15) is 12.6 Å². The summed E-state index contributed by atoms with van der Waals surface area (Å²) < 4.78 is 0. The Balaban J connectivity index is 2.97. The molecule has 16 heavy (non-hydrogen) atoms. The highest BCUT2D eigenvalue weighted by molar-refractivity contribution is 6.01. The van der Waals surface area contributed by atoms with E-state index in [0.29, 0.717) is 5.69 Å². The van der Waals surface area contributed by atoms with Gasteiger partial charge in [-0.1, -0.05) is 6.07 Å². The molecule has 0 radical (unpaired) electrons. The molecule has 0 fully saturated rings. The molecule has 5 heteroatoms. The Morgan fingerprint density at radius 2 is 2.19 bits per heavy atom. The maximum Gasteiger partial charge on any atom is 0.319 e. The van der Waals surface area contributed by atoms with Crippen LogP contribution in [-0.4, -0.2) is 29.0 Å². The summed E-state index contributed by atoms with van der Waals surface area (Å²) in [5.41, 5.74) is -0.903. The van der Waals surface area contributed by atoms with E-state index in [-0.39, 0.29) is 6.42 Å². The fourth-order valence-corrected chi connectivity index (χ4v) is 1.39. The number of pyridine rings is 1. The van der Waals surface area contributed by atoms with Crippen LogP contribution in [-0.2, 0) is 16.0 Å². The molecule has 1 heterocycles. The number of carbonyl (C=O) groups excluding carboxylic acids is 1. The Kier molecular flexibility index (Phi) is 3.60. The third-order valence-electron chi connectivity index (χ3n) is 2.46. The quantitative estimate of drug-likeness (QED) is 0.725. The van der Waals surface area contributed by atoms with Crippen molar-refractivity contribution in [1.82, 2.24) is 10.3 Å². The number of carbonyl (C=O) groups is 2. The van der Waals surface area contributed by atoms with E-state index < -0.39 is 17.3 Å². The summed E-state index contributed by atoms with van der Waals surface area (Å²) in [6.07, 6.45) is 1.64. The van der Waals surface area contributed by atoms with Crippen LogP contribution in [0, 0.1) is 5.41 Å². The molecule has 0 spiro atoms. The highest BCUT2D eigenvalue weighted by Crippen LogP contribution is 2.22. The first-order chi connectivity index (χ1) is 7.50. The van der Waals surface area contributed by atoms with Crippen LogP contribution in [0.4, 0.5) is 0 Å². The lowest BCUT2D eigenvalue weighted by Gasteiger charge is -2.22. The van der Waals surface area contributed by atoms with E-state index >= 15 is 0 Å². The topological polar surface area (TPSA) is 79.3 Å². The van der Waals surface area contributed by atoms with Crippen molar-refractivity contribution in [1.29, 1.82) is 0 Å². The van der Waals surface area contributed by atoms with Gasteiger partial charge in [-0.15, -0.1) is 0 Å². The molecule has 0 saturated carbocycles. The van der Waals surface area contributed by atoms with Crippen molar-refractivity contribution in [2.24, 2.45) is 5.41 Å². The summed E-state index contributed by atoms with van der Waals surface area (Å²) in [7, 11) is 1.42. The van der Waals surface area contributed by atoms with Gasteiger partial charge in [0.05, 0.1) is 0 Å². The number of carboxylic acid groups (broad SMARTS) is 1. The Labute approximate surface area is 93.5 Å². The molecular weight excluding hydrogens is 208 g/mol. The number of rotatable bonds is 4. The Bertz CT molecular complexity index is 391. The first-order valence-electron chi connectivity index (χ1n) is 4.86. The largest absolute Gasteiger partial charge is 0.480 e. The Morgan fingerprint density at radius 1 is 1.50 bits per heavy atom. The second-order valence-electron chi connectivity index (χ2n) is 3.71. The van der Waals surface area contributed by atoms with Gasteiger partial charge < -0.3 is 10.4 Å². The maximum absolute atomic E-state index is 11.6. The first-order valence-corrected chi connectivity index (χ1v) is 4.86. The van der Waals surface area contributed by atoms with Crippen LogP contribution in [0.2, 0.25) is 0 Å². The highest BCUT2D eigenvalue weighted by Gasteiger charge is 2.41. The molecule has 0 saturated heterocycles. The molecule has 1 unspecified atom stereocenters. The van der Waals surface area contributed by atoms with Crippen molar-refractivity contribution < 1.29 is 14.7 Å². The molecule has 0 aliphatic heterocycles. The maximum atomic E-state index is 11.6. The number of aromatic nitrogens is 1. The van der Waals surface area contributed by atoms with Crippen molar-refractivity contribution in [2.45, 2.75) is 13.3 Å². The predicted octanol–water partition coefficient (Wildman–Crippen LogP) is 0.461. The monoisotopic (exact) mass is 222 g/mol. The number of amides is 1. The van der Waals surface area contributed by atoms with Gasteiger partial charge in [0.15, 0.2) is 0 Å². The Morgan fingerprint density at radius 3 is 2.62 bits per heavy atom. The van der Waals surface area contributed by atoms with Crippen LogP contribution in [0.15, 0.2) is 24.4 Å². The minimum atomic E-state index is -1.48. The van der Waals surface area contributed by atoms with E-state index in [4.69, 9.17) is 5.11 Å². The van der Waals surface area contributed by atoms with E-state index in [1.807, 2.05) is 0 Å².